The molecule has 1 aliphatic rings. The van der Waals surface area contributed by atoms with Crippen LogP contribution in [0.3, 0.4) is 0 Å². The number of amides is 1. The molecule has 0 aliphatic carbocycles. The number of anilines is 1. The second kappa shape index (κ2) is 9.34. The number of aliphatic hydroxyl groups is 1. The molecule has 0 radical (unpaired) electrons. The minimum absolute atomic E-state index is 0.102. The number of thioether (sulfide) groups is 2. The van der Waals surface area contributed by atoms with E-state index < -0.39 is 15.8 Å². The first-order chi connectivity index (χ1) is 14.3. The van der Waals surface area contributed by atoms with Gasteiger partial charge in [-0.1, -0.05) is 30.0 Å². The number of carbonyl (C=O) groups is 1. The predicted octanol–water partition coefficient (Wildman–Crippen LogP) is 3.99. The average molecular weight is 464 g/mol. The van der Waals surface area contributed by atoms with Crippen LogP contribution in [0.5, 0.6) is 0 Å². The molecule has 9 nitrogen and oxygen atoms in total. The van der Waals surface area contributed by atoms with Crippen molar-refractivity contribution in [1.82, 2.24) is 0 Å². The molecule has 1 N–H and O–H groups in total. The number of hydrogen-bond acceptors (Lipinski definition) is 9. The van der Waals surface area contributed by atoms with Gasteiger partial charge in [0.25, 0.3) is 17.3 Å². The zero-order valence-corrected chi connectivity index (χ0v) is 17.5. The zero-order valence-electron chi connectivity index (χ0n) is 15.1. The van der Waals surface area contributed by atoms with E-state index in [1.807, 2.05) is 0 Å². The summed E-state index contributed by atoms with van der Waals surface area (Å²) >= 11 is 7.48. The van der Waals surface area contributed by atoms with Crippen LogP contribution in [0.4, 0.5) is 17.1 Å². The number of aliphatic hydroxyl groups excluding tert-OH is 1. The highest BCUT2D eigenvalue weighted by Gasteiger charge is 2.33. The Bertz CT molecular complexity index is 1070. The third-order valence-electron chi connectivity index (χ3n) is 3.94. The standard InChI is InChI=1S/C18H13N3O6S3/c22-7-8-29-15-6-1-11(9-14(15)21(26)27)10-16-17(23)19(18(28)30-16)12-2-4-13(5-3-12)20(24)25/h1-6,9-10,22H,7-8H2/b16-10+. The molecular weight excluding hydrogens is 450 g/mol. The third-order valence-corrected chi connectivity index (χ3v) is 6.28. The van der Waals surface area contributed by atoms with Crippen LogP contribution in [-0.2, 0) is 4.79 Å². The van der Waals surface area contributed by atoms with Crippen LogP contribution in [0.2, 0.25) is 0 Å². The Labute approximate surface area is 184 Å². The third kappa shape index (κ3) is 4.67. The highest BCUT2D eigenvalue weighted by Crippen LogP contribution is 2.37. The van der Waals surface area contributed by atoms with E-state index in [-0.39, 0.29) is 27.2 Å². The minimum atomic E-state index is -0.538. The first-order valence-corrected chi connectivity index (χ1v) is 10.6. The van der Waals surface area contributed by atoms with Crippen molar-refractivity contribution in [3.05, 3.63) is 73.2 Å². The molecule has 30 heavy (non-hydrogen) atoms. The van der Waals surface area contributed by atoms with E-state index in [9.17, 15) is 25.0 Å². The van der Waals surface area contributed by atoms with Crippen molar-refractivity contribution in [2.24, 2.45) is 0 Å². The Morgan fingerprint density at radius 2 is 1.83 bits per heavy atom. The lowest BCUT2D eigenvalue weighted by molar-refractivity contribution is -0.387. The van der Waals surface area contributed by atoms with Crippen molar-refractivity contribution >= 4 is 69.1 Å². The summed E-state index contributed by atoms with van der Waals surface area (Å²) in [5.74, 6) is -0.0890. The first-order valence-electron chi connectivity index (χ1n) is 8.36. The number of hydrogen-bond donors (Lipinski definition) is 1. The maximum absolute atomic E-state index is 12.8. The van der Waals surface area contributed by atoms with Gasteiger partial charge in [-0.05, 0) is 29.8 Å². The SMILES string of the molecule is O=C1/C(=C\c2ccc(SCCO)c([N+](=O)[O-])c2)SC(=S)N1c1ccc([N+](=O)[O-])cc1. The lowest BCUT2D eigenvalue weighted by Gasteiger charge is -2.13. The van der Waals surface area contributed by atoms with Crippen LogP contribution in [0.25, 0.3) is 6.08 Å². The fourth-order valence-corrected chi connectivity index (χ4v) is 4.67. The fraction of sp³-hybridized carbons (Fsp3) is 0.111. The maximum atomic E-state index is 12.8. The maximum Gasteiger partial charge on any atom is 0.283 e. The van der Waals surface area contributed by atoms with Gasteiger partial charge in [0.15, 0.2) is 4.32 Å². The molecule has 0 spiro atoms. The van der Waals surface area contributed by atoms with E-state index in [0.29, 0.717) is 21.9 Å². The Balaban J connectivity index is 1.88. The van der Waals surface area contributed by atoms with Gasteiger partial charge in [0.05, 0.1) is 31.9 Å². The van der Waals surface area contributed by atoms with Gasteiger partial charge in [0.1, 0.15) is 0 Å². The van der Waals surface area contributed by atoms with Crippen LogP contribution >= 0.6 is 35.7 Å². The van der Waals surface area contributed by atoms with Gasteiger partial charge in [0, 0.05) is 24.0 Å². The van der Waals surface area contributed by atoms with Crippen LogP contribution < -0.4 is 4.90 Å². The van der Waals surface area contributed by atoms with Crippen molar-refractivity contribution < 1.29 is 19.7 Å². The molecule has 0 saturated carbocycles. The molecule has 2 aromatic carbocycles. The molecular formula is C18H13N3O6S3. The lowest BCUT2D eigenvalue weighted by Crippen LogP contribution is -2.27. The predicted molar refractivity (Wildman–Crippen MR) is 120 cm³/mol. The number of carbonyl (C=O) groups excluding carboxylic acids is 1. The minimum Gasteiger partial charge on any atom is -0.396 e. The van der Waals surface area contributed by atoms with Gasteiger partial charge in [0.2, 0.25) is 0 Å². The van der Waals surface area contributed by atoms with Crippen LogP contribution in [-0.4, -0.2) is 37.5 Å². The molecule has 0 aromatic heterocycles. The normalized spacial score (nSPS) is 15.1. The molecule has 1 aliphatic heterocycles. The number of nitro benzene ring substituents is 2. The molecule has 12 heteroatoms. The Morgan fingerprint density at radius 1 is 1.13 bits per heavy atom. The lowest BCUT2D eigenvalue weighted by atomic mass is 10.2. The van der Waals surface area contributed by atoms with E-state index in [0.717, 1.165) is 11.8 Å². The monoisotopic (exact) mass is 463 g/mol. The first kappa shape index (κ1) is 21.9. The molecule has 3 rings (SSSR count). The molecule has 0 bridgehead atoms. The smallest absolute Gasteiger partial charge is 0.283 e. The molecule has 154 valence electrons. The Hall–Kier alpha value is -2.80. The molecule has 0 atom stereocenters. The van der Waals surface area contributed by atoms with Crippen LogP contribution in [0.1, 0.15) is 5.56 Å². The molecule has 1 saturated heterocycles. The zero-order chi connectivity index (χ0) is 21.8. The van der Waals surface area contributed by atoms with Gasteiger partial charge in [-0.15, -0.1) is 11.8 Å². The molecule has 0 unspecified atom stereocenters. The number of nitro groups is 2. The van der Waals surface area contributed by atoms with E-state index >= 15 is 0 Å². The van der Waals surface area contributed by atoms with Crippen molar-refractivity contribution in [2.75, 3.05) is 17.3 Å². The summed E-state index contributed by atoms with van der Waals surface area (Å²) in [4.78, 5) is 35.9. The van der Waals surface area contributed by atoms with Gasteiger partial charge in [-0.25, -0.2) is 0 Å². The summed E-state index contributed by atoms with van der Waals surface area (Å²) in [6.07, 6.45) is 1.51. The summed E-state index contributed by atoms with van der Waals surface area (Å²) in [7, 11) is 0. The molecule has 1 heterocycles. The number of nitrogens with zero attached hydrogens (tertiary/aromatic N) is 3. The average Bonchev–Trinajstić information content (AvgIpc) is 2.99. The van der Waals surface area contributed by atoms with Gasteiger partial charge >= 0.3 is 0 Å². The van der Waals surface area contributed by atoms with Crippen LogP contribution in [0, 0.1) is 20.2 Å². The highest BCUT2D eigenvalue weighted by molar-refractivity contribution is 8.27. The Morgan fingerprint density at radius 3 is 2.43 bits per heavy atom. The second-order valence-electron chi connectivity index (χ2n) is 5.85. The van der Waals surface area contributed by atoms with Gasteiger partial charge < -0.3 is 5.11 Å². The number of rotatable bonds is 7. The van der Waals surface area contributed by atoms with Crippen molar-refractivity contribution in [3.8, 4) is 0 Å². The van der Waals surface area contributed by atoms with Gasteiger partial charge in [-0.3, -0.25) is 29.9 Å². The Kier molecular flexibility index (Phi) is 6.82. The van der Waals surface area contributed by atoms with E-state index in [4.69, 9.17) is 17.3 Å². The molecule has 1 amide bonds. The summed E-state index contributed by atoms with van der Waals surface area (Å²) in [6.45, 7) is -0.102. The summed E-state index contributed by atoms with van der Waals surface area (Å²) in [5.41, 5.74) is 0.631. The molecule has 2 aromatic rings. The largest absolute Gasteiger partial charge is 0.396 e. The van der Waals surface area contributed by atoms with E-state index in [1.54, 1.807) is 12.1 Å². The van der Waals surface area contributed by atoms with E-state index in [2.05, 4.69) is 0 Å². The van der Waals surface area contributed by atoms with Crippen molar-refractivity contribution in [1.29, 1.82) is 0 Å². The van der Waals surface area contributed by atoms with Gasteiger partial charge in [-0.2, -0.15) is 0 Å². The van der Waals surface area contributed by atoms with Crippen molar-refractivity contribution in [3.63, 3.8) is 0 Å². The molecule has 1 fully saturated rings. The highest BCUT2D eigenvalue weighted by atomic mass is 32.2. The number of benzene rings is 2. The summed E-state index contributed by atoms with van der Waals surface area (Å²) in [5, 5.41) is 31.1. The summed E-state index contributed by atoms with van der Waals surface area (Å²) in [6, 6.07) is 10.0. The van der Waals surface area contributed by atoms with Crippen LogP contribution in [0.15, 0.2) is 52.3 Å². The van der Waals surface area contributed by atoms with E-state index in [1.165, 1.54) is 53.1 Å². The second-order valence-corrected chi connectivity index (χ2v) is 8.66. The number of thiocarbonyl (C=S) groups is 1. The quantitative estimate of drug-likeness (QED) is 0.213. The number of non-ortho nitro benzene ring substituents is 1. The fourth-order valence-electron chi connectivity index (χ4n) is 2.61. The van der Waals surface area contributed by atoms with Crippen molar-refractivity contribution in [2.45, 2.75) is 4.90 Å². The topological polar surface area (TPSA) is 127 Å². The summed E-state index contributed by atoms with van der Waals surface area (Å²) < 4.78 is 0.254.